The number of nitrogens with two attached hydrogens (primary N) is 1. The molecule has 4 heteroatoms. The molecule has 0 saturated carbocycles. The first-order valence-corrected chi connectivity index (χ1v) is 6.84. The van der Waals surface area contributed by atoms with Gasteiger partial charge < -0.3 is 5.73 Å². The van der Waals surface area contributed by atoms with Gasteiger partial charge in [-0.1, -0.05) is 12.1 Å². The Bertz CT molecular complexity index is 450. The van der Waals surface area contributed by atoms with Gasteiger partial charge in [0.2, 0.25) is 5.91 Å². The summed E-state index contributed by atoms with van der Waals surface area (Å²) in [6.45, 7) is 3.85. The van der Waals surface area contributed by atoms with E-state index in [0.717, 1.165) is 37.9 Å². The Morgan fingerprint density at radius 1 is 1.58 bits per heavy atom. The molecule has 0 bridgehead atoms. The molecule has 1 heterocycles. The Kier molecular flexibility index (Phi) is 4.53. The van der Waals surface area contributed by atoms with Crippen LogP contribution in [0.25, 0.3) is 0 Å². The van der Waals surface area contributed by atoms with Crippen molar-refractivity contribution < 1.29 is 9.18 Å². The fourth-order valence-corrected chi connectivity index (χ4v) is 2.67. The van der Waals surface area contributed by atoms with E-state index in [0.29, 0.717) is 6.04 Å². The van der Waals surface area contributed by atoms with Crippen molar-refractivity contribution in [2.75, 3.05) is 13.1 Å². The van der Waals surface area contributed by atoms with Crippen LogP contribution in [-0.2, 0) is 11.2 Å². The number of amides is 1. The fraction of sp³-hybridized carbons (Fsp3) is 0.533. The van der Waals surface area contributed by atoms with Crippen LogP contribution < -0.4 is 5.73 Å². The summed E-state index contributed by atoms with van der Waals surface area (Å²) in [4.78, 5) is 13.4. The number of carbonyl (C=O) groups excluding carboxylic acids is 1. The Labute approximate surface area is 113 Å². The second kappa shape index (κ2) is 6.15. The molecule has 1 fully saturated rings. The van der Waals surface area contributed by atoms with E-state index < -0.39 is 0 Å². The standard InChI is InChI=1S/C15H21FN2O/c1-11(18-8-7-13(10-18)15(17)19)5-6-12-3-2-4-14(16)9-12/h2-4,9,11,13H,5-8,10H2,1H3,(H2,17,19)/t11-,13-/m0/s1. The molecule has 2 atom stereocenters. The van der Waals surface area contributed by atoms with Gasteiger partial charge in [0, 0.05) is 12.6 Å². The molecule has 0 aliphatic carbocycles. The minimum atomic E-state index is -0.195. The molecule has 0 aromatic heterocycles. The van der Waals surface area contributed by atoms with Crippen molar-refractivity contribution in [2.45, 2.75) is 32.2 Å². The zero-order chi connectivity index (χ0) is 13.8. The van der Waals surface area contributed by atoms with Crippen LogP contribution >= 0.6 is 0 Å². The normalized spacial score (nSPS) is 21.5. The lowest BCUT2D eigenvalue weighted by atomic mass is 10.1. The van der Waals surface area contributed by atoms with Crippen LogP contribution in [0.1, 0.15) is 25.3 Å². The number of carbonyl (C=O) groups is 1. The second-order valence-corrected chi connectivity index (χ2v) is 5.40. The predicted molar refractivity (Wildman–Crippen MR) is 73.1 cm³/mol. The molecule has 0 radical (unpaired) electrons. The van der Waals surface area contributed by atoms with E-state index in [1.165, 1.54) is 6.07 Å². The van der Waals surface area contributed by atoms with Crippen LogP contribution in [0.3, 0.4) is 0 Å². The number of rotatable bonds is 5. The van der Waals surface area contributed by atoms with Crippen LogP contribution in [0, 0.1) is 11.7 Å². The number of hydrogen-bond donors (Lipinski definition) is 1. The van der Waals surface area contributed by atoms with Gasteiger partial charge in [0.1, 0.15) is 5.82 Å². The average Bonchev–Trinajstić information content (AvgIpc) is 2.86. The minimum absolute atomic E-state index is 0.00313. The van der Waals surface area contributed by atoms with Crippen molar-refractivity contribution in [3.63, 3.8) is 0 Å². The molecular formula is C15H21FN2O. The Balaban J connectivity index is 1.82. The summed E-state index contributed by atoms with van der Waals surface area (Å²) in [5, 5.41) is 0. The fourth-order valence-electron chi connectivity index (χ4n) is 2.67. The smallest absolute Gasteiger partial charge is 0.221 e. The molecule has 19 heavy (non-hydrogen) atoms. The van der Waals surface area contributed by atoms with Crippen molar-refractivity contribution in [3.8, 4) is 0 Å². The van der Waals surface area contributed by atoms with E-state index in [2.05, 4.69) is 11.8 Å². The predicted octanol–water partition coefficient (Wildman–Crippen LogP) is 1.95. The molecule has 104 valence electrons. The summed E-state index contributed by atoms with van der Waals surface area (Å²) in [6.07, 6.45) is 2.69. The summed E-state index contributed by atoms with van der Waals surface area (Å²) in [5.41, 5.74) is 6.36. The Morgan fingerprint density at radius 2 is 2.37 bits per heavy atom. The summed E-state index contributed by atoms with van der Waals surface area (Å²) >= 11 is 0. The maximum atomic E-state index is 13.1. The van der Waals surface area contributed by atoms with E-state index in [-0.39, 0.29) is 17.6 Å². The zero-order valence-corrected chi connectivity index (χ0v) is 11.3. The van der Waals surface area contributed by atoms with Gasteiger partial charge in [-0.3, -0.25) is 9.69 Å². The van der Waals surface area contributed by atoms with Gasteiger partial charge in [0.15, 0.2) is 0 Å². The summed E-state index contributed by atoms with van der Waals surface area (Å²) in [6, 6.07) is 7.14. The van der Waals surface area contributed by atoms with Gasteiger partial charge in [0.05, 0.1) is 5.92 Å². The van der Waals surface area contributed by atoms with Crippen LogP contribution in [0.5, 0.6) is 0 Å². The van der Waals surface area contributed by atoms with Gasteiger partial charge in [-0.25, -0.2) is 4.39 Å². The monoisotopic (exact) mass is 264 g/mol. The van der Waals surface area contributed by atoms with E-state index in [4.69, 9.17) is 5.73 Å². The topological polar surface area (TPSA) is 46.3 Å². The number of hydrogen-bond acceptors (Lipinski definition) is 2. The first-order chi connectivity index (χ1) is 9.06. The number of nitrogens with zero attached hydrogens (tertiary/aromatic N) is 1. The average molecular weight is 264 g/mol. The van der Waals surface area contributed by atoms with Gasteiger partial charge in [-0.2, -0.15) is 0 Å². The van der Waals surface area contributed by atoms with Crippen LogP contribution in [-0.4, -0.2) is 29.9 Å². The Hall–Kier alpha value is -1.42. The number of likely N-dealkylation sites (tertiary alicyclic amines) is 1. The molecule has 1 aromatic rings. The van der Waals surface area contributed by atoms with E-state index >= 15 is 0 Å². The van der Waals surface area contributed by atoms with Gasteiger partial charge in [-0.15, -0.1) is 0 Å². The summed E-state index contributed by atoms with van der Waals surface area (Å²) < 4.78 is 13.1. The van der Waals surface area contributed by atoms with Crippen molar-refractivity contribution in [3.05, 3.63) is 35.6 Å². The first kappa shape index (κ1) is 14.0. The highest BCUT2D eigenvalue weighted by molar-refractivity contribution is 5.77. The van der Waals surface area contributed by atoms with Gasteiger partial charge >= 0.3 is 0 Å². The third-order valence-electron chi connectivity index (χ3n) is 3.99. The molecule has 1 aliphatic rings. The Morgan fingerprint density at radius 3 is 3.00 bits per heavy atom. The lowest BCUT2D eigenvalue weighted by Crippen LogP contribution is -2.33. The molecule has 0 spiro atoms. The highest BCUT2D eigenvalue weighted by Crippen LogP contribution is 2.20. The molecule has 1 amide bonds. The van der Waals surface area contributed by atoms with Crippen LogP contribution in [0.15, 0.2) is 24.3 Å². The van der Waals surface area contributed by atoms with Crippen molar-refractivity contribution in [2.24, 2.45) is 11.7 Å². The number of benzene rings is 1. The van der Waals surface area contributed by atoms with Crippen molar-refractivity contribution in [1.82, 2.24) is 4.90 Å². The largest absolute Gasteiger partial charge is 0.369 e. The minimum Gasteiger partial charge on any atom is -0.369 e. The number of halogens is 1. The van der Waals surface area contributed by atoms with Gasteiger partial charge in [0.25, 0.3) is 0 Å². The molecule has 0 unspecified atom stereocenters. The van der Waals surface area contributed by atoms with Gasteiger partial charge in [-0.05, 0) is 50.4 Å². The lowest BCUT2D eigenvalue weighted by molar-refractivity contribution is -0.121. The van der Waals surface area contributed by atoms with Crippen molar-refractivity contribution >= 4 is 5.91 Å². The maximum absolute atomic E-state index is 13.1. The van der Waals surface area contributed by atoms with E-state index in [1.807, 2.05) is 6.07 Å². The molecule has 1 saturated heterocycles. The van der Waals surface area contributed by atoms with Crippen molar-refractivity contribution in [1.29, 1.82) is 0 Å². The SMILES string of the molecule is C[C@@H](CCc1cccc(F)c1)N1CC[C@H](C(N)=O)C1. The summed E-state index contributed by atoms with van der Waals surface area (Å²) in [7, 11) is 0. The lowest BCUT2D eigenvalue weighted by Gasteiger charge is -2.24. The van der Waals surface area contributed by atoms with E-state index in [9.17, 15) is 9.18 Å². The highest BCUT2D eigenvalue weighted by Gasteiger charge is 2.28. The number of aryl methyl sites for hydroxylation is 1. The summed E-state index contributed by atoms with van der Waals surface area (Å²) in [5.74, 6) is -0.378. The third-order valence-corrected chi connectivity index (χ3v) is 3.99. The molecule has 1 aliphatic heterocycles. The molecule has 2 rings (SSSR count). The molecule has 2 N–H and O–H groups in total. The van der Waals surface area contributed by atoms with Crippen LogP contribution in [0.4, 0.5) is 4.39 Å². The molecular weight excluding hydrogens is 243 g/mol. The molecule has 1 aromatic carbocycles. The zero-order valence-electron chi connectivity index (χ0n) is 11.3. The third kappa shape index (κ3) is 3.77. The quantitative estimate of drug-likeness (QED) is 0.883. The van der Waals surface area contributed by atoms with Crippen LogP contribution in [0.2, 0.25) is 0 Å². The van der Waals surface area contributed by atoms with E-state index in [1.54, 1.807) is 12.1 Å². The molecule has 3 nitrogen and oxygen atoms in total. The maximum Gasteiger partial charge on any atom is 0.221 e. The number of primary amides is 1. The second-order valence-electron chi connectivity index (χ2n) is 5.40. The first-order valence-electron chi connectivity index (χ1n) is 6.84. The highest BCUT2D eigenvalue weighted by atomic mass is 19.1.